The Hall–Kier alpha value is -1.06. The fourth-order valence-corrected chi connectivity index (χ4v) is 2.11. The number of nitrogens with two attached hydrogens (primary N) is 1. The zero-order valence-corrected chi connectivity index (χ0v) is 9.65. The van der Waals surface area contributed by atoms with Gasteiger partial charge in [-0.3, -0.25) is 0 Å². The van der Waals surface area contributed by atoms with Crippen LogP contribution >= 0.6 is 0 Å². The summed E-state index contributed by atoms with van der Waals surface area (Å²) >= 11 is 0. The predicted molar refractivity (Wildman–Crippen MR) is 63.5 cm³/mol. The van der Waals surface area contributed by atoms with Gasteiger partial charge in [-0.05, 0) is 49.4 Å². The Morgan fingerprint density at radius 3 is 3.12 bits per heavy atom. The van der Waals surface area contributed by atoms with Crippen LogP contribution in [0.5, 0.6) is 5.75 Å². The summed E-state index contributed by atoms with van der Waals surface area (Å²) in [5, 5.41) is 9.69. The molecule has 1 aliphatic heterocycles. The highest BCUT2D eigenvalue weighted by atomic mass is 16.5. The Balaban J connectivity index is 2.27. The van der Waals surface area contributed by atoms with Crippen molar-refractivity contribution in [3.8, 4) is 5.75 Å². The van der Waals surface area contributed by atoms with Crippen molar-refractivity contribution < 1.29 is 9.84 Å². The van der Waals surface area contributed by atoms with Gasteiger partial charge < -0.3 is 15.6 Å². The molecule has 0 fully saturated rings. The average Bonchev–Trinajstić information content (AvgIpc) is 2.47. The smallest absolute Gasteiger partial charge is 0.122 e. The first-order chi connectivity index (χ1) is 7.70. The number of aliphatic hydroxyl groups is 1. The van der Waals surface area contributed by atoms with E-state index in [9.17, 15) is 5.11 Å². The number of fused-ring (bicyclic) bond motifs is 1. The van der Waals surface area contributed by atoms with Crippen molar-refractivity contribution in [1.29, 1.82) is 0 Å². The van der Waals surface area contributed by atoms with Crippen LogP contribution in [0.15, 0.2) is 18.2 Å². The largest absolute Gasteiger partial charge is 0.490 e. The standard InChI is InChI=1S/C13H19NO2/c1-9-3-2-4-11-7-10(12(15)8-14)5-6-13(11)16-9/h5-7,9,12,15H,2-4,8,14H2,1H3. The topological polar surface area (TPSA) is 55.5 Å². The van der Waals surface area contributed by atoms with Crippen LogP contribution in [-0.4, -0.2) is 17.8 Å². The quantitative estimate of drug-likeness (QED) is 0.800. The van der Waals surface area contributed by atoms with Crippen molar-refractivity contribution in [2.24, 2.45) is 5.73 Å². The summed E-state index contributed by atoms with van der Waals surface area (Å²) in [7, 11) is 0. The Labute approximate surface area is 96.2 Å². The molecule has 3 heteroatoms. The van der Waals surface area contributed by atoms with E-state index in [1.807, 2.05) is 18.2 Å². The Morgan fingerprint density at radius 2 is 2.38 bits per heavy atom. The molecule has 0 aliphatic carbocycles. The van der Waals surface area contributed by atoms with Crippen molar-refractivity contribution in [1.82, 2.24) is 0 Å². The van der Waals surface area contributed by atoms with E-state index >= 15 is 0 Å². The molecule has 1 aliphatic rings. The van der Waals surface area contributed by atoms with E-state index in [0.29, 0.717) is 0 Å². The third kappa shape index (κ3) is 2.36. The van der Waals surface area contributed by atoms with Crippen LogP contribution in [0.4, 0.5) is 0 Å². The van der Waals surface area contributed by atoms with Gasteiger partial charge in [-0.2, -0.15) is 0 Å². The van der Waals surface area contributed by atoms with Crippen molar-refractivity contribution in [3.63, 3.8) is 0 Å². The summed E-state index contributed by atoms with van der Waals surface area (Å²) in [6.07, 6.45) is 2.96. The highest BCUT2D eigenvalue weighted by Gasteiger charge is 2.15. The summed E-state index contributed by atoms with van der Waals surface area (Å²) in [6, 6.07) is 5.87. The lowest BCUT2D eigenvalue weighted by Gasteiger charge is -2.14. The zero-order chi connectivity index (χ0) is 11.5. The van der Waals surface area contributed by atoms with Gasteiger partial charge in [0.05, 0.1) is 12.2 Å². The van der Waals surface area contributed by atoms with Crippen LogP contribution in [0.2, 0.25) is 0 Å². The molecule has 0 radical (unpaired) electrons. The fourth-order valence-electron chi connectivity index (χ4n) is 2.11. The van der Waals surface area contributed by atoms with Crippen molar-refractivity contribution >= 4 is 0 Å². The maximum atomic E-state index is 9.69. The van der Waals surface area contributed by atoms with E-state index in [0.717, 1.165) is 30.6 Å². The van der Waals surface area contributed by atoms with Gasteiger partial charge in [-0.15, -0.1) is 0 Å². The molecule has 0 aromatic heterocycles. The SMILES string of the molecule is CC1CCCc2cc(C(O)CN)ccc2O1. The molecule has 16 heavy (non-hydrogen) atoms. The minimum atomic E-state index is -0.564. The summed E-state index contributed by atoms with van der Waals surface area (Å²) in [4.78, 5) is 0. The molecule has 0 spiro atoms. The fraction of sp³-hybridized carbons (Fsp3) is 0.538. The lowest BCUT2D eigenvalue weighted by molar-refractivity contribution is 0.186. The summed E-state index contributed by atoms with van der Waals surface area (Å²) in [6.45, 7) is 2.35. The number of hydrogen-bond donors (Lipinski definition) is 2. The predicted octanol–water partition coefficient (Wildman–Crippen LogP) is 1.78. The van der Waals surface area contributed by atoms with Gasteiger partial charge in [-0.1, -0.05) is 6.07 Å². The highest BCUT2D eigenvalue weighted by molar-refractivity contribution is 5.39. The minimum Gasteiger partial charge on any atom is -0.490 e. The van der Waals surface area contributed by atoms with E-state index in [-0.39, 0.29) is 12.6 Å². The third-order valence-corrected chi connectivity index (χ3v) is 3.08. The molecule has 3 nitrogen and oxygen atoms in total. The molecule has 2 atom stereocenters. The molecule has 3 N–H and O–H groups in total. The van der Waals surface area contributed by atoms with E-state index in [1.165, 1.54) is 5.56 Å². The molecule has 88 valence electrons. The molecule has 2 rings (SSSR count). The zero-order valence-electron chi connectivity index (χ0n) is 9.65. The van der Waals surface area contributed by atoms with Crippen LogP contribution in [0.25, 0.3) is 0 Å². The van der Waals surface area contributed by atoms with Crippen molar-refractivity contribution in [2.45, 2.75) is 38.4 Å². The molecule has 0 saturated carbocycles. The highest BCUT2D eigenvalue weighted by Crippen LogP contribution is 2.29. The summed E-state index contributed by atoms with van der Waals surface area (Å²) in [5.41, 5.74) is 7.53. The third-order valence-electron chi connectivity index (χ3n) is 3.08. The van der Waals surface area contributed by atoms with Crippen molar-refractivity contribution in [2.75, 3.05) is 6.54 Å². The van der Waals surface area contributed by atoms with E-state index in [2.05, 4.69) is 6.92 Å². The molecule has 1 aromatic rings. The van der Waals surface area contributed by atoms with Crippen LogP contribution < -0.4 is 10.5 Å². The van der Waals surface area contributed by atoms with Gasteiger partial charge >= 0.3 is 0 Å². The summed E-state index contributed by atoms with van der Waals surface area (Å²) in [5.74, 6) is 0.956. The van der Waals surface area contributed by atoms with E-state index < -0.39 is 6.10 Å². The molecule has 2 unspecified atom stereocenters. The Bertz CT molecular complexity index is 365. The second-order valence-corrected chi connectivity index (χ2v) is 4.44. The monoisotopic (exact) mass is 221 g/mol. The number of ether oxygens (including phenoxy) is 1. The van der Waals surface area contributed by atoms with Gasteiger partial charge in [0.15, 0.2) is 0 Å². The van der Waals surface area contributed by atoms with Crippen LogP contribution in [0, 0.1) is 0 Å². The lowest BCUT2D eigenvalue weighted by atomic mass is 10.0. The molecule has 0 bridgehead atoms. The maximum Gasteiger partial charge on any atom is 0.122 e. The first kappa shape index (κ1) is 11.4. The number of aryl methyl sites for hydroxylation is 1. The average molecular weight is 221 g/mol. The van der Waals surface area contributed by atoms with Crippen LogP contribution in [0.1, 0.15) is 37.0 Å². The Kier molecular flexibility index (Phi) is 3.46. The van der Waals surface area contributed by atoms with Crippen LogP contribution in [0.3, 0.4) is 0 Å². The summed E-state index contributed by atoms with van der Waals surface area (Å²) < 4.78 is 5.81. The second-order valence-electron chi connectivity index (χ2n) is 4.44. The van der Waals surface area contributed by atoms with Gasteiger partial charge in [0, 0.05) is 6.54 Å². The molecule has 0 saturated heterocycles. The van der Waals surface area contributed by atoms with Gasteiger partial charge in [0.1, 0.15) is 5.75 Å². The number of rotatable bonds is 2. The van der Waals surface area contributed by atoms with Crippen molar-refractivity contribution in [3.05, 3.63) is 29.3 Å². The lowest BCUT2D eigenvalue weighted by Crippen LogP contribution is -2.12. The number of hydrogen-bond acceptors (Lipinski definition) is 3. The normalized spacial score (nSPS) is 21.8. The van der Waals surface area contributed by atoms with E-state index in [4.69, 9.17) is 10.5 Å². The molecular formula is C13H19NO2. The maximum absolute atomic E-state index is 9.69. The van der Waals surface area contributed by atoms with E-state index in [1.54, 1.807) is 0 Å². The Morgan fingerprint density at radius 1 is 1.56 bits per heavy atom. The minimum absolute atomic E-state index is 0.260. The first-order valence-electron chi connectivity index (χ1n) is 5.88. The van der Waals surface area contributed by atoms with Crippen LogP contribution in [-0.2, 0) is 6.42 Å². The molecule has 1 heterocycles. The number of benzene rings is 1. The molecule has 1 aromatic carbocycles. The molecular weight excluding hydrogens is 202 g/mol. The first-order valence-corrected chi connectivity index (χ1v) is 5.88. The van der Waals surface area contributed by atoms with Gasteiger partial charge in [-0.25, -0.2) is 0 Å². The molecule has 0 amide bonds. The van der Waals surface area contributed by atoms with Gasteiger partial charge in [0.2, 0.25) is 0 Å². The number of aliphatic hydroxyl groups excluding tert-OH is 1. The second kappa shape index (κ2) is 4.85. The van der Waals surface area contributed by atoms with Gasteiger partial charge in [0.25, 0.3) is 0 Å².